The molecular formula is C45H71N5O6. The third kappa shape index (κ3) is 9.55. The highest BCUT2D eigenvalue weighted by Gasteiger charge is 2.57. The fourth-order valence-electron chi connectivity index (χ4n) is 10.1. The molecule has 1 saturated heterocycles. The normalized spacial score (nSPS) is 26.9. The van der Waals surface area contributed by atoms with E-state index in [4.69, 9.17) is 9.57 Å². The van der Waals surface area contributed by atoms with Gasteiger partial charge in [0.2, 0.25) is 5.91 Å². The van der Waals surface area contributed by atoms with Crippen LogP contribution in [0.4, 0.5) is 5.69 Å². The molecule has 0 radical (unpaired) electrons. The molecule has 2 aromatic rings. The maximum absolute atomic E-state index is 14.3. The van der Waals surface area contributed by atoms with Gasteiger partial charge in [-0.15, -0.1) is 0 Å². The predicted octanol–water partition coefficient (Wildman–Crippen LogP) is 5.82. The van der Waals surface area contributed by atoms with Gasteiger partial charge in [-0.3, -0.25) is 14.4 Å². The minimum Gasteiger partial charge on any atom is -0.496 e. The number of carbonyl (C=O) groups is 2. The van der Waals surface area contributed by atoms with Crippen molar-refractivity contribution >= 4 is 17.5 Å². The summed E-state index contributed by atoms with van der Waals surface area (Å²) in [4.78, 5) is 39.0. The number of nitrogens with one attached hydrogen (secondary N) is 2. The van der Waals surface area contributed by atoms with Gasteiger partial charge in [-0.2, -0.15) is 5.06 Å². The Labute approximate surface area is 336 Å². The smallest absolute Gasteiger partial charge is 0.251 e. The molecule has 4 aliphatic rings. The number of anilines is 1. The molecule has 0 spiro atoms. The van der Waals surface area contributed by atoms with E-state index < -0.39 is 24.2 Å². The summed E-state index contributed by atoms with van der Waals surface area (Å²) >= 11 is 0. The molecular weight excluding hydrogens is 707 g/mol. The Kier molecular flexibility index (Phi) is 14.2. The molecule has 2 amide bonds. The van der Waals surface area contributed by atoms with Gasteiger partial charge >= 0.3 is 0 Å². The highest BCUT2D eigenvalue weighted by atomic mass is 16.7. The van der Waals surface area contributed by atoms with Gasteiger partial charge in [-0.1, -0.05) is 66.7 Å². The maximum atomic E-state index is 14.3. The first kappa shape index (κ1) is 43.9. The molecule has 9 atom stereocenters. The van der Waals surface area contributed by atoms with E-state index in [1.807, 2.05) is 51.5 Å². The second kappa shape index (κ2) is 18.1. The average Bonchev–Trinajstić information content (AvgIpc) is 3.49. The number of nitrogens with zero attached hydrogens (tertiary/aromatic N) is 3. The largest absolute Gasteiger partial charge is 0.496 e. The van der Waals surface area contributed by atoms with Crippen LogP contribution in [0.5, 0.6) is 5.75 Å². The molecule has 3 aliphatic carbocycles. The van der Waals surface area contributed by atoms with E-state index in [0.717, 1.165) is 48.3 Å². The van der Waals surface area contributed by atoms with Crippen LogP contribution in [0.25, 0.3) is 11.1 Å². The van der Waals surface area contributed by atoms with Crippen molar-refractivity contribution in [1.82, 2.24) is 20.6 Å². The number of amides is 2. The Hall–Kier alpha value is -3.22. The molecule has 0 unspecified atom stereocenters. The lowest BCUT2D eigenvalue weighted by Crippen LogP contribution is -2.62. The fourth-order valence-corrected chi connectivity index (χ4v) is 10.1. The van der Waals surface area contributed by atoms with E-state index in [2.05, 4.69) is 75.0 Å². The summed E-state index contributed by atoms with van der Waals surface area (Å²) in [5.74, 6) is 1.94. The first-order chi connectivity index (χ1) is 26.4. The summed E-state index contributed by atoms with van der Waals surface area (Å²) in [6.45, 7) is 18.7. The second-order valence-electron chi connectivity index (χ2n) is 18.8. The first-order valence-electron chi connectivity index (χ1n) is 20.9. The van der Waals surface area contributed by atoms with Crippen molar-refractivity contribution in [2.75, 3.05) is 52.8 Å². The number of hydrogen-bond acceptors (Lipinski definition) is 9. The number of fused-ring (bicyclic) bond motifs is 2. The summed E-state index contributed by atoms with van der Waals surface area (Å²) in [6.07, 6.45) is 1.35. The average molecular weight is 778 g/mol. The lowest BCUT2D eigenvalue weighted by Gasteiger charge is -2.62. The standard InChI is InChI=1S/C45H71N5O6/c1-26(2)16-34(24-48(9)10)46-43(53)32-17-31(18-35(19-32)49(11)22-27(3)4)36-15-13-14-30(42(36)55-12)23-50-41(40(29(6)52)39(25-51)56-50)44(54)47-38-21-33-20-37(28(38)5)45(33,7)8/h13-15,17-19,26-29,33-34,37-41,51-52H,16,20-25H2,1-12H3,(H,46,53)(H,47,54)/t28-,29-,33-,34-,37+,38-,39-,40+,41-/m0/s1. The summed E-state index contributed by atoms with van der Waals surface area (Å²) < 4.78 is 6.15. The van der Waals surface area contributed by atoms with E-state index in [-0.39, 0.29) is 42.5 Å². The van der Waals surface area contributed by atoms with Gasteiger partial charge in [0, 0.05) is 60.5 Å². The van der Waals surface area contributed by atoms with Crippen molar-refractivity contribution in [3.63, 3.8) is 0 Å². The number of aliphatic hydroxyl groups is 2. The fraction of sp³-hybridized carbons (Fsp3) is 0.689. The Morgan fingerprint density at radius 1 is 1.04 bits per heavy atom. The summed E-state index contributed by atoms with van der Waals surface area (Å²) in [7, 11) is 7.72. The quantitative estimate of drug-likeness (QED) is 0.157. The Balaban J connectivity index is 1.48. The number of likely N-dealkylation sites (N-methyl/N-ethyl adjacent to an activating group) is 1. The van der Waals surface area contributed by atoms with Gasteiger partial charge in [0.1, 0.15) is 17.9 Å². The zero-order chi connectivity index (χ0) is 41.2. The van der Waals surface area contributed by atoms with Crippen LogP contribution >= 0.6 is 0 Å². The minimum atomic E-state index is -0.898. The number of aliphatic hydroxyl groups excluding tert-OH is 2. The van der Waals surface area contributed by atoms with Crippen molar-refractivity contribution in [2.24, 2.45) is 40.9 Å². The van der Waals surface area contributed by atoms with Crippen LogP contribution in [0.15, 0.2) is 36.4 Å². The topological polar surface area (TPSA) is 127 Å². The van der Waals surface area contributed by atoms with Crippen LogP contribution in [0.3, 0.4) is 0 Å². The monoisotopic (exact) mass is 778 g/mol. The SMILES string of the molecule is COc1c(CN2O[C@@H](CO)[C@@H]([C@H](C)O)[C@H]2C(=O)N[C@H]2C[C@@H]3C[C@H]([C@@H]2C)C3(C)C)cccc1-c1cc(C(=O)N[C@@H](CC(C)C)CN(C)C)cc(N(C)CC(C)C)c1. The zero-order valence-corrected chi connectivity index (χ0v) is 36.1. The number of hydroxylamine groups is 2. The molecule has 4 N–H and O–H groups in total. The van der Waals surface area contributed by atoms with Crippen molar-refractivity contribution in [1.29, 1.82) is 0 Å². The molecule has 11 heteroatoms. The number of carbonyl (C=O) groups excluding carboxylic acids is 2. The number of methoxy groups -OCH3 is 1. The van der Waals surface area contributed by atoms with Gasteiger partial charge in [0.05, 0.1) is 26.4 Å². The lowest BCUT2D eigenvalue weighted by molar-refractivity contribution is -0.183. The number of para-hydroxylation sites is 1. The number of ether oxygens (including phenoxy) is 1. The molecule has 2 bridgehead atoms. The Bertz CT molecular complexity index is 1650. The zero-order valence-electron chi connectivity index (χ0n) is 36.1. The molecule has 1 heterocycles. The second-order valence-corrected chi connectivity index (χ2v) is 18.8. The van der Waals surface area contributed by atoms with Gasteiger partial charge < -0.3 is 35.4 Å². The summed E-state index contributed by atoms with van der Waals surface area (Å²) in [5.41, 5.74) is 4.17. The summed E-state index contributed by atoms with van der Waals surface area (Å²) in [6, 6.07) is 11.1. The van der Waals surface area contributed by atoms with Gasteiger partial charge in [-0.05, 0) is 99.0 Å². The van der Waals surface area contributed by atoms with Gasteiger partial charge in [-0.25, -0.2) is 0 Å². The number of rotatable bonds is 17. The highest BCUT2D eigenvalue weighted by Crippen LogP contribution is 2.61. The third-order valence-electron chi connectivity index (χ3n) is 12.9. The summed E-state index contributed by atoms with van der Waals surface area (Å²) in [5, 5.41) is 29.7. The maximum Gasteiger partial charge on any atom is 0.251 e. The molecule has 4 fully saturated rings. The van der Waals surface area contributed by atoms with Crippen LogP contribution < -0.4 is 20.3 Å². The van der Waals surface area contributed by atoms with Crippen LogP contribution in [0.1, 0.15) is 90.6 Å². The Morgan fingerprint density at radius 3 is 2.32 bits per heavy atom. The van der Waals surface area contributed by atoms with E-state index in [1.54, 1.807) is 19.1 Å². The van der Waals surface area contributed by atoms with Gasteiger partial charge in [0.15, 0.2) is 0 Å². The third-order valence-corrected chi connectivity index (χ3v) is 12.9. The van der Waals surface area contributed by atoms with Crippen LogP contribution in [-0.4, -0.2) is 110 Å². The predicted molar refractivity (Wildman–Crippen MR) is 223 cm³/mol. The molecule has 6 rings (SSSR count). The van der Waals surface area contributed by atoms with Crippen molar-refractivity contribution in [3.8, 4) is 16.9 Å². The van der Waals surface area contributed by atoms with E-state index in [9.17, 15) is 19.8 Å². The molecule has 56 heavy (non-hydrogen) atoms. The van der Waals surface area contributed by atoms with E-state index in [1.165, 1.54) is 6.42 Å². The van der Waals surface area contributed by atoms with Crippen LogP contribution in [0.2, 0.25) is 0 Å². The molecule has 3 saturated carbocycles. The molecule has 0 aromatic heterocycles. The van der Waals surface area contributed by atoms with Crippen LogP contribution in [-0.2, 0) is 16.2 Å². The van der Waals surface area contributed by atoms with E-state index in [0.29, 0.717) is 40.9 Å². The first-order valence-corrected chi connectivity index (χ1v) is 20.9. The minimum absolute atomic E-state index is 0.00598. The lowest BCUT2D eigenvalue weighted by atomic mass is 9.45. The van der Waals surface area contributed by atoms with Gasteiger partial charge in [0.25, 0.3) is 5.91 Å². The Morgan fingerprint density at radius 2 is 1.75 bits per heavy atom. The molecule has 312 valence electrons. The molecule has 1 aliphatic heterocycles. The van der Waals surface area contributed by atoms with Crippen molar-refractivity contribution in [3.05, 3.63) is 47.5 Å². The van der Waals surface area contributed by atoms with Crippen molar-refractivity contribution < 1.29 is 29.4 Å². The van der Waals surface area contributed by atoms with Crippen LogP contribution in [0, 0.1) is 40.9 Å². The molecule has 11 nitrogen and oxygen atoms in total. The molecule has 2 aromatic carbocycles. The highest BCUT2D eigenvalue weighted by molar-refractivity contribution is 5.97. The van der Waals surface area contributed by atoms with E-state index >= 15 is 0 Å². The number of hydrogen-bond donors (Lipinski definition) is 4. The van der Waals surface area contributed by atoms with Crippen molar-refractivity contribution in [2.45, 2.75) is 112 Å². The number of benzene rings is 2.